The number of carbonyl (C=O) groups is 1. The van der Waals surface area contributed by atoms with Gasteiger partial charge in [-0.2, -0.15) is 0 Å². The van der Waals surface area contributed by atoms with Crippen molar-refractivity contribution in [2.75, 3.05) is 24.7 Å². The molecule has 1 amide bonds. The number of sulfone groups is 1. The van der Waals surface area contributed by atoms with Gasteiger partial charge in [-0.1, -0.05) is 48.5 Å². The van der Waals surface area contributed by atoms with E-state index in [1.54, 1.807) is 0 Å². The molecule has 1 saturated heterocycles. The number of rotatable bonds is 4. The van der Waals surface area contributed by atoms with Crippen molar-refractivity contribution in [3.05, 3.63) is 59.7 Å². The van der Waals surface area contributed by atoms with E-state index < -0.39 is 28.1 Å². The molecule has 2 aromatic carbocycles. The molecule has 1 fully saturated rings. The van der Waals surface area contributed by atoms with E-state index in [2.05, 4.69) is 17.4 Å². The van der Waals surface area contributed by atoms with Gasteiger partial charge in [0.2, 0.25) is 0 Å². The summed E-state index contributed by atoms with van der Waals surface area (Å²) in [6.07, 6.45) is -0.515. The minimum Gasteiger partial charge on any atom is -0.449 e. The molecule has 6 nitrogen and oxygen atoms in total. The van der Waals surface area contributed by atoms with Crippen LogP contribution >= 0.6 is 0 Å². The predicted octanol–water partition coefficient (Wildman–Crippen LogP) is 2.07. The van der Waals surface area contributed by atoms with Gasteiger partial charge in [-0.3, -0.25) is 0 Å². The van der Waals surface area contributed by atoms with Gasteiger partial charge in [0.05, 0.1) is 23.7 Å². The highest BCUT2D eigenvalue weighted by atomic mass is 32.2. The Morgan fingerprint density at radius 3 is 2.22 bits per heavy atom. The second kappa shape index (κ2) is 6.65. The number of nitrogens with one attached hydrogen (secondary N) is 1. The zero-order valence-electron chi connectivity index (χ0n) is 14.7. The van der Waals surface area contributed by atoms with Crippen LogP contribution < -0.4 is 5.32 Å². The molecule has 1 aliphatic heterocycles. The van der Waals surface area contributed by atoms with E-state index in [9.17, 15) is 18.3 Å². The van der Waals surface area contributed by atoms with Crippen LogP contribution in [0.2, 0.25) is 0 Å². The second-order valence-corrected chi connectivity index (χ2v) is 9.42. The molecular weight excluding hydrogens is 366 g/mol. The number of ether oxygens (including phenoxy) is 1. The molecular formula is C20H21NO5S. The van der Waals surface area contributed by atoms with E-state index in [1.165, 1.54) is 0 Å². The van der Waals surface area contributed by atoms with Gasteiger partial charge in [-0.25, -0.2) is 13.2 Å². The molecule has 142 valence electrons. The van der Waals surface area contributed by atoms with Crippen molar-refractivity contribution < 1.29 is 23.1 Å². The van der Waals surface area contributed by atoms with Gasteiger partial charge in [-0.15, -0.1) is 0 Å². The molecule has 0 spiro atoms. The minimum absolute atomic E-state index is 0.0444. The smallest absolute Gasteiger partial charge is 0.407 e. The highest BCUT2D eigenvalue weighted by molar-refractivity contribution is 7.91. The Hall–Kier alpha value is -2.38. The maximum atomic E-state index is 12.3. The maximum Gasteiger partial charge on any atom is 0.407 e. The van der Waals surface area contributed by atoms with Gasteiger partial charge in [0.25, 0.3) is 0 Å². The minimum atomic E-state index is -3.25. The average Bonchev–Trinajstić information content (AvgIpc) is 3.15. The van der Waals surface area contributed by atoms with E-state index in [0.29, 0.717) is 0 Å². The Morgan fingerprint density at radius 2 is 1.70 bits per heavy atom. The number of hydrogen-bond donors (Lipinski definition) is 2. The standard InChI is InChI=1S/C20H21NO5S/c22-12-20(9-10-27(24,25)13-20)21-19(23)26-11-18-16-7-3-1-5-14(16)15-6-2-4-8-17(15)18/h1-8,18,22H,9-13H2,(H,21,23). The average molecular weight is 387 g/mol. The molecule has 0 bridgehead atoms. The van der Waals surface area contributed by atoms with Crippen molar-refractivity contribution in [2.24, 2.45) is 0 Å². The highest BCUT2D eigenvalue weighted by Gasteiger charge is 2.43. The lowest BCUT2D eigenvalue weighted by atomic mass is 9.98. The number of aliphatic hydroxyl groups is 1. The molecule has 2 N–H and O–H groups in total. The van der Waals surface area contributed by atoms with Crippen LogP contribution in [0.1, 0.15) is 23.5 Å². The van der Waals surface area contributed by atoms with Crippen molar-refractivity contribution in [2.45, 2.75) is 17.9 Å². The van der Waals surface area contributed by atoms with Gasteiger partial charge in [0.15, 0.2) is 9.84 Å². The first-order chi connectivity index (χ1) is 12.9. The number of hydrogen-bond acceptors (Lipinski definition) is 5. The Bertz CT molecular complexity index is 942. The van der Waals surface area contributed by atoms with Crippen molar-refractivity contribution in [3.8, 4) is 11.1 Å². The van der Waals surface area contributed by atoms with Crippen LogP contribution in [0.25, 0.3) is 11.1 Å². The number of aliphatic hydroxyl groups excluding tert-OH is 1. The van der Waals surface area contributed by atoms with Gasteiger partial charge in [0, 0.05) is 5.92 Å². The summed E-state index contributed by atoms with van der Waals surface area (Å²) in [6.45, 7) is -0.287. The third-order valence-corrected chi connectivity index (χ3v) is 7.22. The van der Waals surface area contributed by atoms with Crippen LogP contribution in [0.3, 0.4) is 0 Å². The fourth-order valence-electron chi connectivity index (χ4n) is 4.03. The van der Waals surface area contributed by atoms with E-state index in [4.69, 9.17) is 4.74 Å². The lowest BCUT2D eigenvalue weighted by Crippen LogP contribution is -2.52. The zero-order chi connectivity index (χ0) is 19.1. The third-order valence-electron chi connectivity index (χ3n) is 5.40. The number of fused-ring (bicyclic) bond motifs is 3. The number of alkyl carbamates (subject to hydrolysis) is 1. The first kappa shape index (κ1) is 18.0. The summed E-state index contributed by atoms with van der Waals surface area (Å²) in [4.78, 5) is 12.3. The van der Waals surface area contributed by atoms with Gasteiger partial charge in [-0.05, 0) is 28.7 Å². The quantitative estimate of drug-likeness (QED) is 0.838. The fourth-order valence-corrected chi connectivity index (χ4v) is 6.03. The first-order valence-electron chi connectivity index (χ1n) is 8.87. The molecule has 1 heterocycles. The monoisotopic (exact) mass is 387 g/mol. The summed E-state index contributed by atoms with van der Waals surface area (Å²) in [5.74, 6) is -0.377. The molecule has 0 aromatic heterocycles. The van der Waals surface area contributed by atoms with Crippen LogP contribution in [0.15, 0.2) is 48.5 Å². The fraction of sp³-hybridized carbons (Fsp3) is 0.350. The molecule has 1 unspecified atom stereocenters. The normalized spacial score (nSPS) is 22.9. The van der Waals surface area contributed by atoms with E-state index in [-0.39, 0.29) is 30.5 Å². The van der Waals surface area contributed by atoms with E-state index >= 15 is 0 Å². The topological polar surface area (TPSA) is 92.7 Å². The van der Waals surface area contributed by atoms with Crippen molar-refractivity contribution in [3.63, 3.8) is 0 Å². The summed E-state index contributed by atoms with van der Waals surface area (Å²) < 4.78 is 28.9. The summed E-state index contributed by atoms with van der Waals surface area (Å²) >= 11 is 0. The van der Waals surface area contributed by atoms with Crippen LogP contribution in [0, 0.1) is 0 Å². The van der Waals surface area contributed by atoms with E-state index in [1.807, 2.05) is 36.4 Å². The van der Waals surface area contributed by atoms with Crippen molar-refractivity contribution >= 4 is 15.9 Å². The summed E-state index contributed by atoms with van der Waals surface area (Å²) in [7, 11) is -3.25. The zero-order valence-corrected chi connectivity index (χ0v) is 15.5. The summed E-state index contributed by atoms with van der Waals surface area (Å²) in [5, 5.41) is 12.2. The molecule has 1 atom stereocenters. The summed E-state index contributed by atoms with van der Waals surface area (Å²) in [6, 6.07) is 16.1. The Balaban J connectivity index is 1.48. The van der Waals surface area contributed by atoms with Crippen LogP contribution in [-0.2, 0) is 14.6 Å². The first-order valence-corrected chi connectivity index (χ1v) is 10.7. The van der Waals surface area contributed by atoms with Crippen molar-refractivity contribution in [1.82, 2.24) is 5.32 Å². The van der Waals surface area contributed by atoms with Gasteiger partial charge < -0.3 is 15.2 Å². The third kappa shape index (κ3) is 3.33. The lowest BCUT2D eigenvalue weighted by molar-refractivity contribution is 0.116. The Kier molecular flexibility index (Phi) is 4.44. The predicted molar refractivity (Wildman–Crippen MR) is 101 cm³/mol. The van der Waals surface area contributed by atoms with Gasteiger partial charge >= 0.3 is 6.09 Å². The molecule has 2 aliphatic rings. The molecule has 7 heteroatoms. The number of benzene rings is 2. The van der Waals surface area contributed by atoms with Crippen LogP contribution in [0.4, 0.5) is 4.79 Å². The largest absolute Gasteiger partial charge is 0.449 e. The molecule has 4 rings (SSSR count). The number of amides is 1. The second-order valence-electron chi connectivity index (χ2n) is 7.23. The van der Waals surface area contributed by atoms with Crippen LogP contribution in [-0.4, -0.2) is 49.9 Å². The lowest BCUT2D eigenvalue weighted by Gasteiger charge is -2.26. The maximum absolute atomic E-state index is 12.3. The number of carbonyl (C=O) groups excluding carboxylic acids is 1. The van der Waals surface area contributed by atoms with E-state index in [0.717, 1.165) is 22.3 Å². The van der Waals surface area contributed by atoms with Gasteiger partial charge in [0.1, 0.15) is 6.61 Å². The summed E-state index contributed by atoms with van der Waals surface area (Å²) in [5.41, 5.74) is 3.33. The Labute approximate surface area is 158 Å². The highest BCUT2D eigenvalue weighted by Crippen LogP contribution is 2.44. The molecule has 27 heavy (non-hydrogen) atoms. The molecule has 0 radical (unpaired) electrons. The molecule has 2 aromatic rings. The van der Waals surface area contributed by atoms with Crippen LogP contribution in [0.5, 0.6) is 0 Å². The van der Waals surface area contributed by atoms with Crippen molar-refractivity contribution in [1.29, 1.82) is 0 Å². The Morgan fingerprint density at radius 1 is 1.11 bits per heavy atom. The molecule has 0 saturated carbocycles. The molecule has 1 aliphatic carbocycles. The SMILES string of the molecule is O=C(NC1(CO)CCS(=O)(=O)C1)OCC1c2ccccc2-c2ccccc21.